The van der Waals surface area contributed by atoms with E-state index in [0.29, 0.717) is 16.4 Å². The number of methoxy groups -OCH3 is 1. The van der Waals surface area contributed by atoms with Gasteiger partial charge in [-0.2, -0.15) is 5.01 Å². The van der Waals surface area contributed by atoms with Crippen LogP contribution in [0.3, 0.4) is 0 Å². The number of halogens is 1. The highest BCUT2D eigenvalue weighted by molar-refractivity contribution is 7.22. The number of hydrazine groups is 1. The lowest BCUT2D eigenvalue weighted by Gasteiger charge is -2.46. The van der Waals surface area contributed by atoms with Crippen LogP contribution in [0.15, 0.2) is 79.4 Å². The predicted molar refractivity (Wildman–Crippen MR) is 173 cm³/mol. The Hall–Kier alpha value is -5.01. The highest BCUT2D eigenvalue weighted by atomic mass is 32.1. The Balaban J connectivity index is 1.30. The molecule has 0 saturated carbocycles. The van der Waals surface area contributed by atoms with Crippen molar-refractivity contribution in [1.82, 2.24) is 30.1 Å². The maximum Gasteiger partial charge on any atom is 0.332 e. The van der Waals surface area contributed by atoms with E-state index in [9.17, 15) is 18.8 Å². The molecule has 0 radical (unpaired) electrons. The Morgan fingerprint density at radius 1 is 1.15 bits per heavy atom. The van der Waals surface area contributed by atoms with Crippen LogP contribution < -0.4 is 15.8 Å². The van der Waals surface area contributed by atoms with Crippen LogP contribution in [0.25, 0.3) is 10.2 Å². The quantitative estimate of drug-likeness (QED) is 0.252. The van der Waals surface area contributed by atoms with E-state index < -0.39 is 24.1 Å². The number of hydrogen-bond donors (Lipinski definition) is 2. The molecule has 2 fully saturated rings. The molecule has 0 bridgehead atoms. The minimum Gasteiger partial charge on any atom is -0.497 e. The molecule has 4 amide bonds. The molecule has 238 valence electrons. The number of carbonyl (C=O) groups is 3. The number of benzene rings is 3. The fourth-order valence-electron chi connectivity index (χ4n) is 6.03. The van der Waals surface area contributed by atoms with Crippen LogP contribution in [0.4, 0.5) is 14.3 Å². The number of nitrogens with two attached hydrogens (primary N) is 1. The number of carbonyl (C=O) groups excluding carboxylic acids is 3. The number of piperazine rings is 1. The average Bonchev–Trinajstić information content (AvgIpc) is 3.60. The number of amides is 4. The molecular formula is C33H34FN7O4S. The van der Waals surface area contributed by atoms with Crippen molar-refractivity contribution in [2.24, 2.45) is 0 Å². The Labute approximate surface area is 269 Å². The third-order valence-electron chi connectivity index (χ3n) is 8.24. The number of nitrogens with zero attached hydrogens (tertiary/aromatic N) is 5. The standard InChI is InChI=1S/C33H34FN7O4S/c1-3-15-39(33(44)36-17-22-9-13-25(45-2)14-10-22)40-20-29(42)41-26(16-21-7-11-24(34)12-8-21)31(43)38(19-28(40)41)18-23-5-4-6-27-30(23)37-32(35)46-27/h3-14,26,28H,1,15-20H2,2H3,(H2,35,37)(H,36,44)/t26-,28+/m0/s1. The van der Waals surface area contributed by atoms with Gasteiger partial charge < -0.3 is 25.6 Å². The molecule has 1 aromatic heterocycles. The molecule has 0 unspecified atom stereocenters. The first-order chi connectivity index (χ1) is 22.2. The summed E-state index contributed by atoms with van der Waals surface area (Å²) in [5.41, 5.74) is 9.13. The van der Waals surface area contributed by atoms with E-state index in [1.165, 1.54) is 28.5 Å². The Bertz CT molecular complexity index is 1760. The summed E-state index contributed by atoms with van der Waals surface area (Å²) >= 11 is 1.37. The number of nitrogen functional groups attached to an aromatic ring is 1. The van der Waals surface area contributed by atoms with Crippen molar-refractivity contribution in [3.05, 3.63) is 102 Å². The zero-order chi connectivity index (χ0) is 32.4. The average molecular weight is 644 g/mol. The Morgan fingerprint density at radius 2 is 1.89 bits per heavy atom. The summed E-state index contributed by atoms with van der Waals surface area (Å²) in [5, 5.41) is 6.53. The molecule has 11 nitrogen and oxygen atoms in total. The number of aromatic nitrogens is 1. The fraction of sp³-hybridized carbons (Fsp3) is 0.273. The summed E-state index contributed by atoms with van der Waals surface area (Å²) in [7, 11) is 1.59. The van der Waals surface area contributed by atoms with Gasteiger partial charge in [-0.05, 0) is 47.0 Å². The van der Waals surface area contributed by atoms with Crippen molar-refractivity contribution in [3.8, 4) is 5.75 Å². The first-order valence-corrected chi connectivity index (χ1v) is 15.6. The lowest BCUT2D eigenvalue weighted by molar-refractivity contribution is -0.157. The van der Waals surface area contributed by atoms with E-state index in [2.05, 4.69) is 16.9 Å². The number of rotatable bonds is 10. The number of anilines is 1. The number of ether oxygens (including phenoxy) is 1. The summed E-state index contributed by atoms with van der Waals surface area (Å²) in [4.78, 5) is 49.2. The smallest absolute Gasteiger partial charge is 0.332 e. The molecule has 13 heteroatoms. The molecule has 46 heavy (non-hydrogen) atoms. The van der Waals surface area contributed by atoms with E-state index in [4.69, 9.17) is 10.5 Å². The van der Waals surface area contributed by atoms with Gasteiger partial charge in [0.25, 0.3) is 0 Å². The van der Waals surface area contributed by atoms with Crippen LogP contribution >= 0.6 is 11.3 Å². The van der Waals surface area contributed by atoms with Crippen molar-refractivity contribution in [1.29, 1.82) is 0 Å². The van der Waals surface area contributed by atoms with Crippen LogP contribution in [0, 0.1) is 5.82 Å². The summed E-state index contributed by atoms with van der Waals surface area (Å²) in [6, 6.07) is 17.7. The summed E-state index contributed by atoms with van der Waals surface area (Å²) in [6.45, 7) is 4.51. The molecule has 3 aromatic carbocycles. The van der Waals surface area contributed by atoms with Gasteiger partial charge in [0.2, 0.25) is 11.8 Å². The summed E-state index contributed by atoms with van der Waals surface area (Å²) < 4.78 is 19.9. The summed E-state index contributed by atoms with van der Waals surface area (Å²) in [5.74, 6) is -0.204. The third kappa shape index (κ3) is 6.24. The van der Waals surface area contributed by atoms with Gasteiger partial charge in [0.15, 0.2) is 5.13 Å². The van der Waals surface area contributed by atoms with Crippen molar-refractivity contribution in [2.75, 3.05) is 32.5 Å². The molecule has 2 aliphatic heterocycles. The number of para-hydroxylation sites is 1. The monoisotopic (exact) mass is 643 g/mol. The van der Waals surface area contributed by atoms with E-state index in [0.717, 1.165) is 21.3 Å². The van der Waals surface area contributed by atoms with Crippen molar-refractivity contribution in [2.45, 2.75) is 31.7 Å². The molecule has 0 spiro atoms. The number of hydrogen-bond acceptors (Lipinski definition) is 8. The third-order valence-corrected chi connectivity index (χ3v) is 9.09. The summed E-state index contributed by atoms with van der Waals surface area (Å²) in [6.07, 6.45) is 1.14. The maximum absolute atomic E-state index is 14.2. The van der Waals surface area contributed by atoms with Gasteiger partial charge in [-0.1, -0.05) is 53.8 Å². The van der Waals surface area contributed by atoms with E-state index in [1.807, 2.05) is 42.5 Å². The van der Waals surface area contributed by atoms with Gasteiger partial charge in [-0.3, -0.25) is 14.6 Å². The van der Waals surface area contributed by atoms with Crippen LogP contribution in [0.1, 0.15) is 16.7 Å². The van der Waals surface area contributed by atoms with E-state index >= 15 is 0 Å². The number of nitrogens with one attached hydrogen (secondary N) is 1. The number of fused-ring (bicyclic) bond motifs is 2. The normalized spacial score (nSPS) is 18.1. The molecule has 6 rings (SSSR count). The minimum absolute atomic E-state index is 0.103. The number of thiazole rings is 1. The minimum atomic E-state index is -0.866. The van der Waals surface area contributed by atoms with Crippen LogP contribution in [-0.2, 0) is 29.1 Å². The largest absolute Gasteiger partial charge is 0.497 e. The van der Waals surface area contributed by atoms with Crippen molar-refractivity contribution >= 4 is 44.5 Å². The highest BCUT2D eigenvalue weighted by Gasteiger charge is 2.52. The predicted octanol–water partition coefficient (Wildman–Crippen LogP) is 3.76. The van der Waals surface area contributed by atoms with Crippen molar-refractivity contribution in [3.63, 3.8) is 0 Å². The first-order valence-electron chi connectivity index (χ1n) is 14.8. The van der Waals surface area contributed by atoms with Gasteiger partial charge >= 0.3 is 6.03 Å². The van der Waals surface area contributed by atoms with E-state index in [1.54, 1.807) is 40.1 Å². The second-order valence-electron chi connectivity index (χ2n) is 11.1. The lowest BCUT2D eigenvalue weighted by Crippen LogP contribution is -2.66. The van der Waals surface area contributed by atoms with Gasteiger partial charge in [0.05, 0.1) is 37.0 Å². The van der Waals surface area contributed by atoms with E-state index in [-0.39, 0.29) is 51.0 Å². The Kier molecular flexibility index (Phi) is 8.86. The molecule has 2 atom stereocenters. The fourth-order valence-corrected chi connectivity index (χ4v) is 6.81. The SMILES string of the molecule is C=CCN(C(=O)NCc1ccc(OC)cc1)N1CC(=O)N2[C@@H](Cc3ccc(F)cc3)C(=O)N(Cc3cccc4sc(N)nc34)C[C@@H]21. The molecule has 4 aromatic rings. The van der Waals surface area contributed by atoms with Crippen LogP contribution in [0.5, 0.6) is 5.75 Å². The van der Waals surface area contributed by atoms with Gasteiger partial charge in [-0.25, -0.2) is 14.2 Å². The molecule has 3 heterocycles. The zero-order valence-electron chi connectivity index (χ0n) is 25.3. The molecule has 2 saturated heterocycles. The first kappa shape index (κ1) is 31.0. The second kappa shape index (κ2) is 13.2. The van der Waals surface area contributed by atoms with Crippen LogP contribution in [0.2, 0.25) is 0 Å². The number of urea groups is 1. The zero-order valence-corrected chi connectivity index (χ0v) is 26.1. The molecule has 3 N–H and O–H groups in total. The molecule has 0 aliphatic carbocycles. The molecular weight excluding hydrogens is 609 g/mol. The highest BCUT2D eigenvalue weighted by Crippen LogP contribution is 2.32. The lowest BCUT2D eigenvalue weighted by atomic mass is 10.00. The van der Waals surface area contributed by atoms with Gasteiger partial charge in [-0.15, -0.1) is 6.58 Å². The van der Waals surface area contributed by atoms with Crippen LogP contribution in [-0.4, -0.2) is 81.6 Å². The Morgan fingerprint density at radius 3 is 2.61 bits per heavy atom. The topological polar surface area (TPSA) is 124 Å². The molecule has 2 aliphatic rings. The maximum atomic E-state index is 14.2. The van der Waals surface area contributed by atoms with Gasteiger partial charge in [0.1, 0.15) is 23.8 Å². The second-order valence-corrected chi connectivity index (χ2v) is 12.2. The van der Waals surface area contributed by atoms with Crippen molar-refractivity contribution < 1.29 is 23.5 Å². The van der Waals surface area contributed by atoms with Gasteiger partial charge in [0, 0.05) is 19.5 Å².